The summed E-state index contributed by atoms with van der Waals surface area (Å²) in [6.45, 7) is 0. The molecule has 0 amide bonds. The number of hydrogen-bond acceptors (Lipinski definition) is 17. The van der Waals surface area contributed by atoms with Crippen LogP contribution in [0.2, 0.25) is 0 Å². The molecule has 6 rings (SSSR count). The smallest absolute Gasteiger partial charge is 0.871 e. The van der Waals surface area contributed by atoms with Crippen molar-refractivity contribution in [2.24, 2.45) is 20.5 Å². The molecular weight excluding hydrogens is 859 g/mol. The van der Waals surface area contributed by atoms with Gasteiger partial charge in [-0.25, -0.2) is 25.3 Å². The predicted molar refractivity (Wildman–Crippen MR) is 178 cm³/mol. The van der Waals surface area contributed by atoms with Gasteiger partial charge in [-0.3, -0.25) is 4.55 Å². The summed E-state index contributed by atoms with van der Waals surface area (Å²) in [7, 11) is -20.2. The minimum Gasteiger partial charge on any atom is -0.871 e. The minimum atomic E-state index is -5.25. The first-order valence-electron chi connectivity index (χ1n) is 14.0. The summed E-state index contributed by atoms with van der Waals surface area (Å²) < 4.78 is 140. The molecule has 0 radical (unpaired) electrons. The van der Waals surface area contributed by atoms with Gasteiger partial charge in [0.2, 0.25) is 0 Å². The average Bonchev–Trinajstić information content (AvgIpc) is 3.04. The normalized spacial score (nSPS) is 12.3. The van der Waals surface area contributed by atoms with Crippen LogP contribution in [0.4, 0.5) is 28.4 Å². The van der Waals surface area contributed by atoms with Gasteiger partial charge in [0, 0.05) is 16.5 Å². The van der Waals surface area contributed by atoms with Crippen LogP contribution < -0.4 is 129 Å². The number of nitrogens with two attached hydrogens (primary N) is 1. The fourth-order valence-electron chi connectivity index (χ4n) is 5.25. The Labute approximate surface area is 407 Å². The zero-order valence-corrected chi connectivity index (χ0v) is 40.7. The molecule has 56 heavy (non-hydrogen) atoms. The molecule has 6 aromatic carbocycles. The molecule has 268 valence electrons. The summed E-state index contributed by atoms with van der Waals surface area (Å²) >= 11 is 0. The van der Waals surface area contributed by atoms with Gasteiger partial charge >= 0.3 is 118 Å². The molecule has 0 spiro atoms. The second-order valence-corrected chi connectivity index (χ2v) is 16.3. The zero-order chi connectivity index (χ0) is 38.0. The van der Waals surface area contributed by atoms with Gasteiger partial charge in [0.15, 0.2) is 0 Å². The van der Waals surface area contributed by atoms with Crippen molar-refractivity contribution in [3.05, 3.63) is 84.9 Å². The van der Waals surface area contributed by atoms with E-state index in [0.717, 1.165) is 24.3 Å². The van der Waals surface area contributed by atoms with Crippen molar-refractivity contribution in [1.29, 1.82) is 0 Å². The Balaban J connectivity index is 0.00000271. The SMILES string of the molecule is Nc1cc2c([O-])c(N=Nc3ccc(N=Nc4ccc5c(S(=O)(=O)[O-])cccc5c4)c4ccc(S(=O)(=O)[O-])cc34)c(S(=O)(=O)O)cc2cc1S(=O)(=O)[O-].[Na+].[Na+].[Na+].[Na+]. The van der Waals surface area contributed by atoms with Crippen LogP contribution in [0.5, 0.6) is 5.75 Å². The Morgan fingerprint density at radius 3 is 1.68 bits per heavy atom. The van der Waals surface area contributed by atoms with Crippen molar-refractivity contribution in [2.45, 2.75) is 19.6 Å². The molecule has 0 fully saturated rings. The number of nitrogen functional groups attached to an aromatic ring is 1. The van der Waals surface area contributed by atoms with Gasteiger partial charge in [-0.1, -0.05) is 30.0 Å². The third-order valence-electron chi connectivity index (χ3n) is 7.56. The van der Waals surface area contributed by atoms with Gasteiger partial charge in [0.05, 0.1) is 37.4 Å². The Kier molecular flexibility index (Phi) is 17.1. The van der Waals surface area contributed by atoms with E-state index in [1.54, 1.807) is 6.07 Å². The summed E-state index contributed by atoms with van der Waals surface area (Å²) in [4.78, 5) is -3.22. The topological polar surface area (TPSA) is 324 Å². The van der Waals surface area contributed by atoms with Crippen molar-refractivity contribution in [3.63, 3.8) is 0 Å². The third-order valence-corrected chi connectivity index (χ3v) is 11.0. The van der Waals surface area contributed by atoms with Crippen LogP contribution in [0.15, 0.2) is 125 Å². The molecule has 0 aliphatic carbocycles. The van der Waals surface area contributed by atoms with Gasteiger partial charge in [0.1, 0.15) is 35.2 Å². The summed E-state index contributed by atoms with van der Waals surface area (Å²) in [6.07, 6.45) is 0. The van der Waals surface area contributed by atoms with Crippen molar-refractivity contribution < 1.29 is 175 Å². The summed E-state index contributed by atoms with van der Waals surface area (Å²) in [5.41, 5.74) is 4.10. The minimum absolute atomic E-state index is 0. The van der Waals surface area contributed by atoms with Crippen molar-refractivity contribution in [2.75, 3.05) is 5.73 Å². The molecule has 0 unspecified atom stereocenters. The Hall–Kier alpha value is -1.46. The zero-order valence-electron chi connectivity index (χ0n) is 29.4. The fraction of sp³-hybridized carbons (Fsp3) is 0. The summed E-state index contributed by atoms with van der Waals surface area (Å²) in [5.74, 6) is -1.21. The first-order valence-corrected chi connectivity index (χ1v) is 19.6. The second-order valence-electron chi connectivity index (χ2n) is 10.9. The van der Waals surface area contributed by atoms with Crippen LogP contribution in [0.3, 0.4) is 0 Å². The molecule has 18 nitrogen and oxygen atoms in total. The predicted octanol–water partition coefficient (Wildman–Crippen LogP) is -7.39. The molecule has 0 saturated heterocycles. The maximum atomic E-state index is 13.4. The van der Waals surface area contributed by atoms with Crippen LogP contribution >= 0.6 is 0 Å². The molecule has 0 aliphatic heterocycles. The quantitative estimate of drug-likeness (QED) is 0.0622. The van der Waals surface area contributed by atoms with E-state index in [2.05, 4.69) is 20.5 Å². The monoisotopic (exact) mass is 875 g/mol. The van der Waals surface area contributed by atoms with Crippen molar-refractivity contribution >= 4 is 101 Å². The molecule has 0 atom stereocenters. The summed E-state index contributed by atoms with van der Waals surface area (Å²) in [5, 5.41) is 29.1. The van der Waals surface area contributed by atoms with Crippen LogP contribution in [-0.4, -0.2) is 51.9 Å². The van der Waals surface area contributed by atoms with E-state index in [-0.39, 0.29) is 151 Å². The van der Waals surface area contributed by atoms with E-state index in [0.29, 0.717) is 17.5 Å². The largest absolute Gasteiger partial charge is 1.00 e. The average molecular weight is 876 g/mol. The van der Waals surface area contributed by atoms with Crippen molar-refractivity contribution in [3.8, 4) is 5.75 Å². The molecular formula is C30H17N5Na4O13S4. The van der Waals surface area contributed by atoms with Crippen LogP contribution in [0.1, 0.15) is 0 Å². The summed E-state index contributed by atoms with van der Waals surface area (Å²) in [6, 6.07) is 16.0. The van der Waals surface area contributed by atoms with Crippen molar-refractivity contribution in [1.82, 2.24) is 0 Å². The number of anilines is 1. The fourth-order valence-corrected chi connectivity index (χ4v) is 7.72. The number of nitrogens with zero attached hydrogens (tertiary/aromatic N) is 4. The van der Waals surface area contributed by atoms with E-state index < -0.39 is 88.0 Å². The van der Waals surface area contributed by atoms with E-state index in [9.17, 15) is 57.0 Å². The number of fused-ring (bicyclic) bond motifs is 3. The van der Waals surface area contributed by atoms with E-state index in [1.807, 2.05) is 0 Å². The van der Waals surface area contributed by atoms with Gasteiger partial charge in [-0.05, 0) is 82.2 Å². The van der Waals surface area contributed by atoms with Crippen LogP contribution in [-0.2, 0) is 40.5 Å². The number of azo groups is 2. The molecule has 0 bridgehead atoms. The Morgan fingerprint density at radius 2 is 1.09 bits per heavy atom. The molecule has 0 heterocycles. The van der Waals surface area contributed by atoms with Crippen LogP contribution in [0.25, 0.3) is 32.3 Å². The molecule has 6 aromatic rings. The van der Waals surface area contributed by atoms with Gasteiger partial charge in [-0.15, -0.1) is 15.3 Å². The maximum Gasteiger partial charge on any atom is 1.00 e. The Bertz CT molecular complexity index is 3060. The van der Waals surface area contributed by atoms with E-state index in [1.165, 1.54) is 42.5 Å². The molecule has 26 heteroatoms. The molecule has 0 aliphatic rings. The van der Waals surface area contributed by atoms with Gasteiger partial charge in [-0.2, -0.15) is 13.5 Å². The maximum absolute atomic E-state index is 13.4. The van der Waals surface area contributed by atoms with Gasteiger partial charge in [0.25, 0.3) is 10.1 Å². The van der Waals surface area contributed by atoms with E-state index in [4.69, 9.17) is 5.73 Å². The third kappa shape index (κ3) is 10.8. The number of benzene rings is 6. The number of rotatable bonds is 8. The first-order chi connectivity index (χ1) is 24.1. The van der Waals surface area contributed by atoms with E-state index >= 15 is 0 Å². The van der Waals surface area contributed by atoms with Crippen LogP contribution in [0, 0.1) is 0 Å². The molecule has 3 N–H and O–H groups in total. The molecule has 0 aromatic heterocycles. The second kappa shape index (κ2) is 18.9. The van der Waals surface area contributed by atoms with Gasteiger partial charge < -0.3 is 24.5 Å². The standard InChI is InChI=1S/C30H21N5O13S4.4Na/c31-23-14-21-16(11-27(23)51(43,44)45)12-28(52(46,47)48)29(30(21)36)35-34-25-9-8-24(20-7-5-18(13-22(20)25)49(37,38)39)33-32-17-4-6-19-15(10-17)2-1-3-26(19)50(40,41)42;;;;/h1-14,36H,31H2,(H,37,38,39)(H,40,41,42)(H,43,44,45)(H,46,47,48);;;;/q;4*+1/p-4. The Morgan fingerprint density at radius 1 is 0.518 bits per heavy atom. The first kappa shape index (κ1) is 50.7. The number of hydrogen-bond donors (Lipinski definition) is 2. The molecule has 0 saturated carbocycles.